The molecule has 1 N–H and O–H groups in total. The minimum absolute atomic E-state index is 0.0637. The van der Waals surface area contributed by atoms with Crippen LogP contribution in [-0.2, 0) is 26.5 Å². The molecule has 7 nitrogen and oxygen atoms in total. The number of sulfonamides is 1. The highest BCUT2D eigenvalue weighted by Crippen LogP contribution is 2.27. The van der Waals surface area contributed by atoms with Gasteiger partial charge in [0, 0.05) is 30.3 Å². The Balaban J connectivity index is 1.72. The number of pyridine rings is 1. The topological polar surface area (TPSA) is 102 Å². The Morgan fingerprint density at radius 3 is 2.39 bits per heavy atom. The minimum Gasteiger partial charge on any atom is -0.489 e. The van der Waals surface area contributed by atoms with Crippen molar-refractivity contribution in [3.05, 3.63) is 83.1 Å². The molecule has 1 atom stereocenters. The summed E-state index contributed by atoms with van der Waals surface area (Å²) in [6.07, 6.45) is 4.40. The average Bonchev–Trinajstić information content (AvgIpc) is 2.72. The largest absolute Gasteiger partial charge is 0.489 e. The molecule has 0 aliphatic rings. The van der Waals surface area contributed by atoms with Crippen LogP contribution in [0.25, 0.3) is 0 Å². The maximum absolute atomic E-state index is 12.8. The maximum atomic E-state index is 12.8. The number of nitrogens with zero attached hydrogens (tertiary/aromatic N) is 1. The number of rotatable bonds is 8. The van der Waals surface area contributed by atoms with Crippen LogP contribution in [0, 0.1) is 0 Å². The molecule has 0 saturated carbocycles. The number of hydrogen-bond donors (Lipinski definition) is 1. The Labute approximate surface area is 187 Å². The number of benzene rings is 2. The highest BCUT2D eigenvalue weighted by molar-refractivity contribution is 7.91. The molecule has 0 spiro atoms. The summed E-state index contributed by atoms with van der Waals surface area (Å²) in [5, 5.41) is -0.0637. The van der Waals surface area contributed by atoms with Gasteiger partial charge in [-0.15, -0.1) is 0 Å². The Morgan fingerprint density at radius 1 is 1.06 bits per heavy atom. The summed E-state index contributed by atoms with van der Waals surface area (Å²) in [7, 11) is -7.64. The van der Waals surface area contributed by atoms with Crippen molar-refractivity contribution in [1.29, 1.82) is 0 Å². The molecule has 0 fully saturated rings. The molecule has 10 heteroatoms. The molecule has 2 aromatic carbocycles. The molecule has 0 saturated heterocycles. The van der Waals surface area contributed by atoms with E-state index in [0.717, 1.165) is 17.9 Å². The number of nitrogens with one attached hydrogen (secondary N) is 1. The van der Waals surface area contributed by atoms with Gasteiger partial charge in [0.15, 0.2) is 9.84 Å². The first kappa shape index (κ1) is 23.2. The first-order valence-electron chi connectivity index (χ1n) is 9.20. The third-order valence-corrected chi connectivity index (χ3v) is 7.59. The molecule has 1 aromatic heterocycles. The van der Waals surface area contributed by atoms with Crippen LogP contribution >= 0.6 is 11.6 Å². The zero-order valence-electron chi connectivity index (χ0n) is 16.8. The van der Waals surface area contributed by atoms with Crippen LogP contribution in [0.1, 0.15) is 24.1 Å². The molecule has 0 amide bonds. The summed E-state index contributed by atoms with van der Waals surface area (Å²) in [6, 6.07) is 13.7. The molecule has 0 aliphatic heterocycles. The zero-order chi connectivity index (χ0) is 22.6. The third kappa shape index (κ3) is 6.04. The lowest BCUT2D eigenvalue weighted by molar-refractivity contribution is 0.305. The fourth-order valence-corrected chi connectivity index (χ4v) is 5.27. The van der Waals surface area contributed by atoms with Gasteiger partial charge in [-0.2, -0.15) is 0 Å². The Kier molecular flexibility index (Phi) is 7.00. The number of hydrogen-bond acceptors (Lipinski definition) is 6. The molecule has 0 aliphatic carbocycles. The summed E-state index contributed by atoms with van der Waals surface area (Å²) >= 11 is 6.03. The summed E-state index contributed by atoms with van der Waals surface area (Å²) < 4.78 is 57.4. The highest BCUT2D eigenvalue weighted by atomic mass is 35.5. The van der Waals surface area contributed by atoms with Crippen molar-refractivity contribution in [2.75, 3.05) is 6.26 Å². The van der Waals surface area contributed by atoms with Gasteiger partial charge in [0.05, 0.1) is 9.92 Å². The van der Waals surface area contributed by atoms with Crippen molar-refractivity contribution in [2.24, 2.45) is 0 Å². The molecule has 3 rings (SSSR count). The van der Waals surface area contributed by atoms with E-state index in [2.05, 4.69) is 9.71 Å². The second-order valence-electron chi connectivity index (χ2n) is 6.93. The molecular formula is C21H21ClN2O5S2. The molecular weight excluding hydrogens is 460 g/mol. The van der Waals surface area contributed by atoms with Gasteiger partial charge in [0.1, 0.15) is 17.3 Å². The van der Waals surface area contributed by atoms with Gasteiger partial charge in [-0.25, -0.2) is 21.6 Å². The van der Waals surface area contributed by atoms with Crippen LogP contribution in [0.15, 0.2) is 76.8 Å². The van der Waals surface area contributed by atoms with Gasteiger partial charge < -0.3 is 4.74 Å². The van der Waals surface area contributed by atoms with Crippen LogP contribution in [0.2, 0.25) is 5.02 Å². The molecule has 0 bridgehead atoms. The van der Waals surface area contributed by atoms with Crippen molar-refractivity contribution in [3.63, 3.8) is 0 Å². The van der Waals surface area contributed by atoms with Gasteiger partial charge in [0.25, 0.3) is 0 Å². The van der Waals surface area contributed by atoms with Gasteiger partial charge in [-0.3, -0.25) is 4.98 Å². The lowest BCUT2D eigenvalue weighted by atomic mass is 10.1. The summed E-state index contributed by atoms with van der Waals surface area (Å²) in [4.78, 5) is 3.61. The van der Waals surface area contributed by atoms with E-state index in [1.165, 1.54) is 12.1 Å². The standard InChI is InChI=1S/C21H21ClN2O5S2/c1-15(17-5-7-18(8-6-17)29-14-16-4-3-11-23-13-16)24-31(27,28)21-12-19(30(2,25)26)9-10-20(21)22/h3-13,15,24H,14H2,1-2H3. The lowest BCUT2D eigenvalue weighted by Crippen LogP contribution is -2.27. The van der Waals surface area contributed by atoms with Gasteiger partial charge in [0.2, 0.25) is 10.0 Å². The second kappa shape index (κ2) is 9.35. The number of aromatic nitrogens is 1. The van der Waals surface area contributed by atoms with Crippen molar-refractivity contribution in [2.45, 2.75) is 29.4 Å². The average molecular weight is 481 g/mol. The summed E-state index contributed by atoms with van der Waals surface area (Å²) in [5.74, 6) is 0.631. The normalized spacial score (nSPS) is 13.0. The van der Waals surface area contributed by atoms with Gasteiger partial charge in [-0.1, -0.05) is 29.8 Å². The molecule has 1 heterocycles. The van der Waals surface area contributed by atoms with Crippen molar-refractivity contribution < 1.29 is 21.6 Å². The van der Waals surface area contributed by atoms with Crippen LogP contribution in [0.4, 0.5) is 0 Å². The van der Waals surface area contributed by atoms with E-state index in [0.29, 0.717) is 17.9 Å². The predicted octanol–water partition coefficient (Wildman–Crippen LogP) is 3.76. The minimum atomic E-state index is -4.06. The summed E-state index contributed by atoms with van der Waals surface area (Å²) in [5.41, 5.74) is 1.63. The van der Waals surface area contributed by atoms with Crippen LogP contribution < -0.4 is 9.46 Å². The van der Waals surface area contributed by atoms with Gasteiger partial charge >= 0.3 is 0 Å². The fourth-order valence-electron chi connectivity index (χ4n) is 2.79. The molecule has 3 aromatic rings. The van der Waals surface area contributed by atoms with Crippen LogP contribution in [0.3, 0.4) is 0 Å². The number of halogens is 1. The molecule has 31 heavy (non-hydrogen) atoms. The van der Waals surface area contributed by atoms with Crippen LogP contribution in [-0.4, -0.2) is 28.1 Å². The van der Waals surface area contributed by atoms with E-state index in [9.17, 15) is 16.8 Å². The highest BCUT2D eigenvalue weighted by Gasteiger charge is 2.23. The van der Waals surface area contributed by atoms with E-state index in [1.807, 2.05) is 12.1 Å². The van der Waals surface area contributed by atoms with E-state index in [-0.39, 0.29) is 14.8 Å². The van der Waals surface area contributed by atoms with Gasteiger partial charge in [-0.05, 0) is 48.9 Å². The number of sulfone groups is 1. The predicted molar refractivity (Wildman–Crippen MR) is 118 cm³/mol. The molecule has 0 radical (unpaired) electrons. The van der Waals surface area contributed by atoms with E-state index in [4.69, 9.17) is 16.3 Å². The Morgan fingerprint density at radius 2 is 1.77 bits per heavy atom. The molecule has 1 unspecified atom stereocenters. The van der Waals surface area contributed by atoms with Crippen LogP contribution in [0.5, 0.6) is 5.75 Å². The zero-order valence-corrected chi connectivity index (χ0v) is 19.2. The van der Waals surface area contributed by atoms with E-state index >= 15 is 0 Å². The van der Waals surface area contributed by atoms with Crippen molar-refractivity contribution in [1.82, 2.24) is 9.71 Å². The third-order valence-electron chi connectivity index (χ3n) is 4.46. The van der Waals surface area contributed by atoms with Crippen molar-refractivity contribution >= 4 is 31.5 Å². The number of ether oxygens (including phenoxy) is 1. The quantitative estimate of drug-likeness (QED) is 0.526. The SMILES string of the molecule is CC(NS(=O)(=O)c1cc(S(C)(=O)=O)ccc1Cl)c1ccc(OCc2cccnc2)cc1. The Bertz CT molecular complexity index is 1260. The monoisotopic (exact) mass is 480 g/mol. The maximum Gasteiger partial charge on any atom is 0.242 e. The first-order valence-corrected chi connectivity index (χ1v) is 12.9. The molecule has 164 valence electrons. The van der Waals surface area contributed by atoms with E-state index in [1.54, 1.807) is 43.6 Å². The lowest BCUT2D eigenvalue weighted by Gasteiger charge is -2.16. The second-order valence-corrected chi connectivity index (χ2v) is 11.0. The summed E-state index contributed by atoms with van der Waals surface area (Å²) in [6.45, 7) is 2.04. The van der Waals surface area contributed by atoms with Crippen molar-refractivity contribution in [3.8, 4) is 5.75 Å². The first-order chi connectivity index (χ1) is 14.6. The smallest absolute Gasteiger partial charge is 0.242 e. The fraction of sp³-hybridized carbons (Fsp3) is 0.190. The Hall–Kier alpha value is -2.46. The van der Waals surface area contributed by atoms with E-state index < -0.39 is 25.9 Å².